The summed E-state index contributed by atoms with van der Waals surface area (Å²) in [6.45, 7) is 4.88. The first-order valence-corrected chi connectivity index (χ1v) is 11.9. The second-order valence-corrected chi connectivity index (χ2v) is 10.0. The van der Waals surface area contributed by atoms with E-state index in [-0.39, 0.29) is 43.5 Å². The van der Waals surface area contributed by atoms with Crippen molar-refractivity contribution >= 4 is 33.4 Å². The number of nitrogens with zero attached hydrogens (tertiary/aromatic N) is 2. The molecule has 0 saturated carbocycles. The Kier molecular flexibility index (Phi) is 7.35. The number of amides is 2. The maximum atomic E-state index is 12.9. The molecule has 31 heavy (non-hydrogen) atoms. The lowest BCUT2D eigenvalue weighted by atomic mass is 10.0. The molecular formula is C22H26ClN3O4S. The van der Waals surface area contributed by atoms with Gasteiger partial charge < -0.3 is 10.2 Å². The lowest BCUT2D eigenvalue weighted by molar-refractivity contribution is -0.131. The number of sulfonamides is 1. The normalized spacial score (nSPS) is 15.2. The van der Waals surface area contributed by atoms with Gasteiger partial charge in [-0.2, -0.15) is 4.31 Å². The van der Waals surface area contributed by atoms with Crippen LogP contribution in [0.5, 0.6) is 0 Å². The van der Waals surface area contributed by atoms with Crippen LogP contribution in [0.25, 0.3) is 0 Å². The van der Waals surface area contributed by atoms with Gasteiger partial charge in [-0.15, -0.1) is 0 Å². The second kappa shape index (κ2) is 9.80. The minimum Gasteiger partial charge on any atom is -0.343 e. The van der Waals surface area contributed by atoms with Crippen LogP contribution >= 0.6 is 11.6 Å². The van der Waals surface area contributed by atoms with Crippen LogP contribution in [-0.4, -0.2) is 62.2 Å². The largest absolute Gasteiger partial charge is 0.343 e. The highest BCUT2D eigenvalue weighted by molar-refractivity contribution is 7.89. The Morgan fingerprint density at radius 1 is 1.00 bits per heavy atom. The number of carbonyl (C=O) groups is 2. The van der Waals surface area contributed by atoms with E-state index in [1.807, 2.05) is 12.1 Å². The summed E-state index contributed by atoms with van der Waals surface area (Å²) in [6, 6.07) is 13.5. The maximum Gasteiger partial charge on any atom is 0.253 e. The van der Waals surface area contributed by atoms with Crippen molar-refractivity contribution in [2.24, 2.45) is 0 Å². The lowest BCUT2D eigenvalue weighted by Gasteiger charge is -2.34. The minimum atomic E-state index is -3.61. The number of hydrogen-bond acceptors (Lipinski definition) is 4. The van der Waals surface area contributed by atoms with E-state index >= 15 is 0 Å². The third kappa shape index (κ3) is 5.44. The Balaban J connectivity index is 1.54. The fraction of sp³-hybridized carbons (Fsp3) is 0.364. The zero-order chi connectivity index (χ0) is 22.6. The first-order chi connectivity index (χ1) is 14.7. The van der Waals surface area contributed by atoms with Crippen LogP contribution in [0.1, 0.15) is 35.7 Å². The summed E-state index contributed by atoms with van der Waals surface area (Å²) in [4.78, 5) is 26.5. The molecule has 2 aromatic carbocycles. The van der Waals surface area contributed by atoms with Gasteiger partial charge in [0.25, 0.3) is 5.91 Å². The number of piperazine rings is 1. The summed E-state index contributed by atoms with van der Waals surface area (Å²) in [6.07, 6.45) is 0. The molecular weight excluding hydrogens is 438 g/mol. The molecule has 2 amide bonds. The van der Waals surface area contributed by atoms with Gasteiger partial charge in [-0.25, -0.2) is 8.42 Å². The third-order valence-corrected chi connectivity index (χ3v) is 7.54. The molecule has 0 radical (unpaired) electrons. The topological polar surface area (TPSA) is 86.8 Å². The molecule has 1 N–H and O–H groups in total. The highest BCUT2D eigenvalue weighted by Crippen LogP contribution is 2.21. The number of halogens is 1. The van der Waals surface area contributed by atoms with Gasteiger partial charge in [-0.1, -0.05) is 49.7 Å². The number of carbonyl (C=O) groups excluding carboxylic acids is 2. The van der Waals surface area contributed by atoms with Gasteiger partial charge in [-0.3, -0.25) is 9.59 Å². The van der Waals surface area contributed by atoms with Crippen molar-refractivity contribution in [3.8, 4) is 0 Å². The predicted octanol–water partition coefficient (Wildman–Crippen LogP) is 2.73. The molecule has 0 spiro atoms. The van der Waals surface area contributed by atoms with E-state index in [0.717, 1.165) is 5.56 Å². The van der Waals surface area contributed by atoms with Gasteiger partial charge in [0, 0.05) is 26.2 Å². The van der Waals surface area contributed by atoms with E-state index in [2.05, 4.69) is 19.2 Å². The van der Waals surface area contributed by atoms with Gasteiger partial charge in [0.1, 0.15) is 0 Å². The molecule has 9 heteroatoms. The average Bonchev–Trinajstić information content (AvgIpc) is 2.77. The SMILES string of the molecule is CC(C)c1ccc(S(=O)(=O)N2CCN(C(=O)CNC(=O)c3ccccc3Cl)CC2)cc1. The van der Waals surface area contributed by atoms with Crippen molar-refractivity contribution in [2.45, 2.75) is 24.7 Å². The van der Waals surface area contributed by atoms with Gasteiger partial charge in [0.2, 0.25) is 15.9 Å². The van der Waals surface area contributed by atoms with E-state index in [1.54, 1.807) is 41.3 Å². The highest BCUT2D eigenvalue weighted by atomic mass is 35.5. The first kappa shape index (κ1) is 23.2. The van der Waals surface area contributed by atoms with Crippen molar-refractivity contribution in [1.29, 1.82) is 0 Å². The van der Waals surface area contributed by atoms with Gasteiger partial charge in [-0.05, 0) is 35.7 Å². The van der Waals surface area contributed by atoms with Crippen LogP contribution in [0.3, 0.4) is 0 Å². The van der Waals surface area contributed by atoms with Crippen LogP contribution in [0.15, 0.2) is 53.4 Å². The van der Waals surface area contributed by atoms with Gasteiger partial charge in [0.15, 0.2) is 0 Å². The van der Waals surface area contributed by atoms with Crippen LogP contribution in [0.4, 0.5) is 0 Å². The second-order valence-electron chi connectivity index (χ2n) is 7.67. The summed E-state index contributed by atoms with van der Waals surface area (Å²) in [5.41, 5.74) is 1.38. The standard InChI is InChI=1S/C22H26ClN3O4S/c1-16(2)17-7-9-18(10-8-17)31(29,30)26-13-11-25(12-14-26)21(27)15-24-22(28)19-5-3-4-6-20(19)23/h3-10,16H,11-15H2,1-2H3,(H,24,28). The predicted molar refractivity (Wildman–Crippen MR) is 120 cm³/mol. The maximum absolute atomic E-state index is 12.9. The molecule has 1 aliphatic rings. The van der Waals surface area contributed by atoms with Crippen LogP contribution in [0, 0.1) is 0 Å². The average molecular weight is 464 g/mol. The number of rotatable bonds is 6. The van der Waals surface area contributed by atoms with Gasteiger partial charge in [0.05, 0.1) is 22.0 Å². The number of nitrogens with one attached hydrogen (secondary N) is 1. The van der Waals surface area contributed by atoms with E-state index < -0.39 is 15.9 Å². The lowest BCUT2D eigenvalue weighted by Crippen LogP contribution is -2.52. The molecule has 0 unspecified atom stereocenters. The van der Waals surface area contributed by atoms with Crippen molar-refractivity contribution in [3.63, 3.8) is 0 Å². The fourth-order valence-corrected chi connectivity index (χ4v) is 5.00. The quantitative estimate of drug-likeness (QED) is 0.713. The molecule has 0 atom stereocenters. The Morgan fingerprint density at radius 2 is 1.61 bits per heavy atom. The van der Waals surface area contributed by atoms with E-state index in [4.69, 9.17) is 11.6 Å². The molecule has 0 bridgehead atoms. The smallest absolute Gasteiger partial charge is 0.253 e. The molecule has 166 valence electrons. The van der Waals surface area contributed by atoms with E-state index in [1.165, 1.54) is 4.31 Å². The first-order valence-electron chi connectivity index (χ1n) is 10.1. The number of benzene rings is 2. The van der Waals surface area contributed by atoms with Gasteiger partial charge >= 0.3 is 0 Å². The Bertz CT molecular complexity index is 1050. The summed E-state index contributed by atoms with van der Waals surface area (Å²) < 4.78 is 27.2. The fourth-order valence-electron chi connectivity index (χ4n) is 3.36. The molecule has 3 rings (SSSR count). The third-order valence-electron chi connectivity index (χ3n) is 5.29. The van der Waals surface area contributed by atoms with Crippen molar-refractivity contribution in [2.75, 3.05) is 32.7 Å². The molecule has 7 nitrogen and oxygen atoms in total. The molecule has 1 saturated heterocycles. The minimum absolute atomic E-state index is 0.173. The van der Waals surface area contributed by atoms with Crippen molar-refractivity contribution < 1.29 is 18.0 Å². The monoisotopic (exact) mass is 463 g/mol. The molecule has 2 aromatic rings. The zero-order valence-corrected chi connectivity index (χ0v) is 19.1. The Hall–Kier alpha value is -2.42. The van der Waals surface area contributed by atoms with Crippen LogP contribution in [0.2, 0.25) is 5.02 Å². The molecule has 0 aliphatic carbocycles. The Morgan fingerprint density at radius 3 is 2.19 bits per heavy atom. The summed E-state index contributed by atoms with van der Waals surface area (Å²) in [7, 11) is -3.61. The molecule has 1 fully saturated rings. The molecule has 1 aliphatic heterocycles. The van der Waals surface area contributed by atoms with Crippen LogP contribution in [-0.2, 0) is 14.8 Å². The molecule has 0 aromatic heterocycles. The zero-order valence-electron chi connectivity index (χ0n) is 17.5. The van der Waals surface area contributed by atoms with Crippen molar-refractivity contribution in [3.05, 3.63) is 64.7 Å². The number of hydrogen-bond donors (Lipinski definition) is 1. The highest BCUT2D eigenvalue weighted by Gasteiger charge is 2.30. The van der Waals surface area contributed by atoms with E-state index in [0.29, 0.717) is 16.5 Å². The Labute approximate surface area is 188 Å². The summed E-state index contributed by atoms with van der Waals surface area (Å²) in [5.74, 6) is -0.367. The van der Waals surface area contributed by atoms with E-state index in [9.17, 15) is 18.0 Å². The molecule has 1 heterocycles. The van der Waals surface area contributed by atoms with Crippen LogP contribution < -0.4 is 5.32 Å². The summed E-state index contributed by atoms with van der Waals surface area (Å²) >= 11 is 6.00. The van der Waals surface area contributed by atoms with Crippen molar-refractivity contribution in [1.82, 2.24) is 14.5 Å². The summed E-state index contributed by atoms with van der Waals surface area (Å²) in [5, 5.41) is 2.88.